The van der Waals surface area contributed by atoms with Crippen LogP contribution in [-0.4, -0.2) is 17.8 Å². The first kappa shape index (κ1) is 12.4. The van der Waals surface area contributed by atoms with Crippen molar-refractivity contribution >= 4 is 11.6 Å². The van der Waals surface area contributed by atoms with Gasteiger partial charge in [0.2, 0.25) is 0 Å². The van der Waals surface area contributed by atoms with E-state index in [1.165, 1.54) is 6.07 Å². The molecule has 1 unspecified atom stereocenters. The van der Waals surface area contributed by atoms with Gasteiger partial charge in [0.25, 0.3) is 0 Å². The van der Waals surface area contributed by atoms with E-state index in [1.54, 1.807) is 12.1 Å². The monoisotopic (exact) mass is 231 g/mol. The molecule has 0 fully saturated rings. The van der Waals surface area contributed by atoms with E-state index in [1.807, 2.05) is 6.92 Å². The first-order valence-corrected chi connectivity index (χ1v) is 5.29. The Bertz CT molecular complexity index is 319. The van der Waals surface area contributed by atoms with Crippen molar-refractivity contribution in [3.05, 3.63) is 34.6 Å². The summed E-state index contributed by atoms with van der Waals surface area (Å²) in [5.41, 5.74) is 0.849. The first-order valence-electron chi connectivity index (χ1n) is 4.91. The fourth-order valence-electron chi connectivity index (χ4n) is 1.24. The molecular formula is C11H15ClFNO. The zero-order valence-corrected chi connectivity index (χ0v) is 9.39. The third kappa shape index (κ3) is 4.16. The molecule has 15 heavy (non-hydrogen) atoms. The highest BCUT2D eigenvalue weighted by molar-refractivity contribution is 6.30. The maximum Gasteiger partial charge on any atom is 0.142 e. The Labute approximate surface area is 94.1 Å². The second-order valence-corrected chi connectivity index (χ2v) is 3.95. The van der Waals surface area contributed by atoms with E-state index in [2.05, 4.69) is 5.32 Å². The summed E-state index contributed by atoms with van der Waals surface area (Å²) in [6.07, 6.45) is 0.691. The Kier molecular flexibility index (Phi) is 5.02. The number of nitrogens with one attached hydrogen (secondary N) is 1. The Hall–Kier alpha value is -0.640. The van der Waals surface area contributed by atoms with Crippen molar-refractivity contribution in [2.24, 2.45) is 0 Å². The summed E-state index contributed by atoms with van der Waals surface area (Å²) in [5, 5.41) is 12.0. The Morgan fingerprint density at radius 1 is 1.53 bits per heavy atom. The van der Waals surface area contributed by atoms with Crippen molar-refractivity contribution < 1.29 is 9.50 Å². The molecular weight excluding hydrogens is 217 g/mol. The number of hydrogen-bond donors (Lipinski definition) is 2. The highest BCUT2D eigenvalue weighted by Crippen LogP contribution is 2.15. The minimum absolute atomic E-state index is 0.141. The minimum Gasteiger partial charge on any atom is -0.396 e. The molecule has 0 saturated carbocycles. The van der Waals surface area contributed by atoms with Crippen molar-refractivity contribution in [2.75, 3.05) is 6.61 Å². The van der Waals surface area contributed by atoms with E-state index in [9.17, 15) is 4.39 Å². The Morgan fingerprint density at radius 2 is 2.27 bits per heavy atom. The van der Waals surface area contributed by atoms with Crippen LogP contribution in [0.15, 0.2) is 18.2 Å². The first-order chi connectivity index (χ1) is 7.13. The fourth-order valence-corrected chi connectivity index (χ4v) is 1.35. The van der Waals surface area contributed by atoms with Crippen molar-refractivity contribution in [3.8, 4) is 0 Å². The molecule has 0 radical (unpaired) electrons. The number of benzene rings is 1. The van der Waals surface area contributed by atoms with Crippen molar-refractivity contribution in [2.45, 2.75) is 25.9 Å². The molecule has 0 saturated heterocycles. The van der Waals surface area contributed by atoms with Gasteiger partial charge in [0.15, 0.2) is 0 Å². The van der Waals surface area contributed by atoms with E-state index >= 15 is 0 Å². The van der Waals surface area contributed by atoms with E-state index in [-0.39, 0.29) is 17.7 Å². The molecule has 0 aliphatic heterocycles. The van der Waals surface area contributed by atoms with Crippen LogP contribution in [0.25, 0.3) is 0 Å². The van der Waals surface area contributed by atoms with Gasteiger partial charge in [-0.2, -0.15) is 0 Å². The molecule has 1 aromatic rings. The maximum atomic E-state index is 13.1. The summed E-state index contributed by atoms with van der Waals surface area (Å²) >= 11 is 5.56. The van der Waals surface area contributed by atoms with E-state index in [0.717, 1.165) is 5.56 Å². The van der Waals surface area contributed by atoms with Crippen LogP contribution in [0.5, 0.6) is 0 Å². The van der Waals surface area contributed by atoms with Crippen LogP contribution >= 0.6 is 11.6 Å². The lowest BCUT2D eigenvalue weighted by Crippen LogP contribution is -2.26. The molecule has 0 aliphatic carbocycles. The highest BCUT2D eigenvalue weighted by Gasteiger charge is 2.03. The molecule has 0 aliphatic rings. The summed E-state index contributed by atoms with van der Waals surface area (Å²) in [6.45, 7) is 2.71. The van der Waals surface area contributed by atoms with Crippen molar-refractivity contribution in [3.63, 3.8) is 0 Å². The Morgan fingerprint density at radius 3 is 2.87 bits per heavy atom. The number of hydrogen-bond acceptors (Lipinski definition) is 2. The molecule has 1 aromatic carbocycles. The number of rotatable bonds is 5. The van der Waals surface area contributed by atoms with Crippen LogP contribution in [0.1, 0.15) is 18.9 Å². The molecule has 84 valence electrons. The van der Waals surface area contributed by atoms with Gasteiger partial charge in [-0.05, 0) is 31.0 Å². The zero-order chi connectivity index (χ0) is 11.3. The third-order valence-electron chi connectivity index (χ3n) is 2.20. The average Bonchev–Trinajstić information content (AvgIpc) is 2.20. The molecule has 2 N–H and O–H groups in total. The summed E-state index contributed by atoms with van der Waals surface area (Å²) in [5.74, 6) is -0.397. The fraction of sp³-hybridized carbons (Fsp3) is 0.455. The average molecular weight is 232 g/mol. The second-order valence-electron chi connectivity index (χ2n) is 3.54. The van der Waals surface area contributed by atoms with Gasteiger partial charge in [0.1, 0.15) is 5.82 Å². The van der Waals surface area contributed by atoms with E-state index < -0.39 is 5.82 Å². The zero-order valence-electron chi connectivity index (χ0n) is 8.63. The summed E-state index contributed by atoms with van der Waals surface area (Å²) < 4.78 is 13.1. The molecule has 4 heteroatoms. The largest absolute Gasteiger partial charge is 0.396 e. The van der Waals surface area contributed by atoms with Crippen LogP contribution in [0.3, 0.4) is 0 Å². The van der Waals surface area contributed by atoms with Crippen LogP contribution < -0.4 is 5.32 Å². The summed E-state index contributed by atoms with van der Waals surface area (Å²) in [7, 11) is 0. The van der Waals surface area contributed by atoms with Crippen LogP contribution in [0.2, 0.25) is 5.02 Å². The molecule has 0 aromatic heterocycles. The highest BCUT2D eigenvalue weighted by atomic mass is 35.5. The maximum absolute atomic E-state index is 13.1. The lowest BCUT2D eigenvalue weighted by Gasteiger charge is -2.12. The minimum atomic E-state index is -0.397. The van der Waals surface area contributed by atoms with E-state index in [4.69, 9.17) is 16.7 Å². The Balaban J connectivity index is 2.47. The van der Waals surface area contributed by atoms with Crippen molar-refractivity contribution in [1.29, 1.82) is 0 Å². The SMILES string of the molecule is CC(CCO)NCc1ccc(Cl)c(F)c1. The van der Waals surface area contributed by atoms with Crippen LogP contribution in [0.4, 0.5) is 4.39 Å². The predicted molar refractivity (Wildman–Crippen MR) is 59.4 cm³/mol. The third-order valence-corrected chi connectivity index (χ3v) is 2.51. The lowest BCUT2D eigenvalue weighted by molar-refractivity contribution is 0.268. The number of halogens is 2. The standard InChI is InChI=1S/C11H15ClFNO/c1-8(4-5-15)14-7-9-2-3-10(12)11(13)6-9/h2-3,6,8,14-15H,4-5,7H2,1H3. The topological polar surface area (TPSA) is 32.3 Å². The van der Waals surface area contributed by atoms with Gasteiger partial charge in [-0.1, -0.05) is 17.7 Å². The summed E-state index contributed by atoms with van der Waals surface area (Å²) in [4.78, 5) is 0. The van der Waals surface area contributed by atoms with Gasteiger partial charge in [-0.25, -0.2) is 4.39 Å². The van der Waals surface area contributed by atoms with E-state index in [0.29, 0.717) is 13.0 Å². The van der Waals surface area contributed by atoms with Gasteiger partial charge in [-0.15, -0.1) is 0 Å². The number of aliphatic hydroxyl groups excluding tert-OH is 1. The quantitative estimate of drug-likeness (QED) is 0.815. The molecule has 0 spiro atoms. The number of aliphatic hydroxyl groups is 1. The van der Waals surface area contributed by atoms with Gasteiger partial charge < -0.3 is 10.4 Å². The van der Waals surface area contributed by atoms with Crippen LogP contribution in [0, 0.1) is 5.82 Å². The predicted octanol–water partition coefficient (Wildman–Crippen LogP) is 2.34. The normalized spacial score (nSPS) is 12.8. The summed E-state index contributed by atoms with van der Waals surface area (Å²) in [6, 6.07) is 4.96. The van der Waals surface area contributed by atoms with Crippen molar-refractivity contribution in [1.82, 2.24) is 5.32 Å². The van der Waals surface area contributed by atoms with Crippen LogP contribution in [-0.2, 0) is 6.54 Å². The smallest absolute Gasteiger partial charge is 0.142 e. The van der Waals surface area contributed by atoms with Gasteiger partial charge in [-0.3, -0.25) is 0 Å². The van der Waals surface area contributed by atoms with Gasteiger partial charge in [0, 0.05) is 19.2 Å². The second kappa shape index (κ2) is 6.05. The van der Waals surface area contributed by atoms with Gasteiger partial charge in [0.05, 0.1) is 5.02 Å². The molecule has 1 atom stereocenters. The molecule has 0 bridgehead atoms. The molecule has 0 amide bonds. The molecule has 2 nitrogen and oxygen atoms in total. The molecule has 1 rings (SSSR count). The lowest BCUT2D eigenvalue weighted by atomic mass is 10.2. The van der Waals surface area contributed by atoms with Gasteiger partial charge >= 0.3 is 0 Å². The molecule has 0 heterocycles.